The molecule has 1 fully saturated rings. The van der Waals surface area contributed by atoms with Gasteiger partial charge in [0.1, 0.15) is 27.7 Å². The molecule has 8 nitrogen and oxygen atoms in total. The number of carbonyl (C=O) groups excluding carboxylic acids is 1. The number of methoxy groups -OCH3 is 2. The topological polar surface area (TPSA) is 77.0 Å². The van der Waals surface area contributed by atoms with Crippen molar-refractivity contribution in [3.8, 4) is 11.5 Å². The number of pyridine rings is 1. The van der Waals surface area contributed by atoms with Gasteiger partial charge in [-0.25, -0.2) is 4.98 Å². The molecule has 1 unspecified atom stereocenters. The van der Waals surface area contributed by atoms with Gasteiger partial charge in [-0.1, -0.05) is 0 Å². The van der Waals surface area contributed by atoms with Gasteiger partial charge in [0, 0.05) is 44.7 Å². The van der Waals surface area contributed by atoms with Gasteiger partial charge in [0.15, 0.2) is 0 Å². The van der Waals surface area contributed by atoms with Crippen LogP contribution in [0.25, 0.3) is 10.9 Å². The van der Waals surface area contributed by atoms with Crippen LogP contribution in [0.15, 0.2) is 29.9 Å². The molecule has 0 N–H and O–H groups in total. The molecule has 1 aliphatic rings. The molecular formula is C23H28N4O4S. The number of rotatable bonds is 8. The molecule has 32 heavy (non-hydrogen) atoms. The fraction of sp³-hybridized carbons (Fsp3) is 0.435. The first kappa shape index (κ1) is 22.3. The van der Waals surface area contributed by atoms with E-state index in [9.17, 15) is 4.79 Å². The zero-order valence-electron chi connectivity index (χ0n) is 18.8. The number of ether oxygens (including phenoxy) is 3. The Morgan fingerprint density at radius 1 is 1.25 bits per heavy atom. The second kappa shape index (κ2) is 9.70. The standard InChI is InChI=1S/C23H28N4O4S/c1-26(2)22-15(10-17-18(29-3)7-8-19(30-4)21(17)25-22)12-27(13-16-6-5-9-31-16)23(28)20-11-24-14-32-20/h7-8,10-11,14,16H,5-6,9,12-13H2,1-4H3. The predicted octanol–water partition coefficient (Wildman–Crippen LogP) is 3.60. The summed E-state index contributed by atoms with van der Waals surface area (Å²) in [4.78, 5) is 26.7. The molecule has 1 amide bonds. The second-order valence-electron chi connectivity index (χ2n) is 7.92. The predicted molar refractivity (Wildman–Crippen MR) is 125 cm³/mol. The smallest absolute Gasteiger partial charge is 0.265 e. The third-order valence-electron chi connectivity index (χ3n) is 5.57. The average molecular weight is 457 g/mol. The molecule has 1 atom stereocenters. The molecule has 2 aromatic heterocycles. The van der Waals surface area contributed by atoms with Crippen LogP contribution in [0, 0.1) is 0 Å². The summed E-state index contributed by atoms with van der Waals surface area (Å²) in [6.45, 7) is 1.66. The summed E-state index contributed by atoms with van der Waals surface area (Å²) in [6.07, 6.45) is 3.63. The Balaban J connectivity index is 1.77. The normalized spacial score (nSPS) is 15.7. The highest BCUT2D eigenvalue weighted by molar-refractivity contribution is 7.11. The molecule has 0 radical (unpaired) electrons. The molecule has 9 heteroatoms. The van der Waals surface area contributed by atoms with Crippen LogP contribution in [0.5, 0.6) is 11.5 Å². The van der Waals surface area contributed by atoms with Crippen molar-refractivity contribution in [1.82, 2.24) is 14.9 Å². The number of aromatic nitrogens is 2. The molecular weight excluding hydrogens is 428 g/mol. The Labute approximate surface area is 191 Å². The summed E-state index contributed by atoms with van der Waals surface area (Å²) >= 11 is 1.35. The highest BCUT2D eigenvalue weighted by atomic mass is 32.1. The van der Waals surface area contributed by atoms with E-state index in [2.05, 4.69) is 4.98 Å². The molecule has 3 aromatic rings. The number of fused-ring (bicyclic) bond motifs is 1. The third kappa shape index (κ3) is 4.49. The molecule has 0 bridgehead atoms. The van der Waals surface area contributed by atoms with Crippen LogP contribution in [0.2, 0.25) is 0 Å². The molecule has 0 saturated carbocycles. The Morgan fingerprint density at radius 3 is 2.66 bits per heavy atom. The largest absolute Gasteiger partial charge is 0.496 e. The quantitative estimate of drug-likeness (QED) is 0.513. The highest BCUT2D eigenvalue weighted by Crippen LogP contribution is 2.35. The van der Waals surface area contributed by atoms with Crippen molar-refractivity contribution in [2.75, 3.05) is 46.4 Å². The van der Waals surface area contributed by atoms with Gasteiger partial charge >= 0.3 is 0 Å². The lowest BCUT2D eigenvalue weighted by molar-refractivity contribution is 0.0511. The minimum atomic E-state index is -0.0505. The van der Waals surface area contributed by atoms with Gasteiger partial charge in [0.25, 0.3) is 5.91 Å². The van der Waals surface area contributed by atoms with Crippen LogP contribution in [-0.2, 0) is 11.3 Å². The van der Waals surface area contributed by atoms with E-state index < -0.39 is 0 Å². The van der Waals surface area contributed by atoms with Gasteiger partial charge in [-0.3, -0.25) is 9.78 Å². The van der Waals surface area contributed by atoms with E-state index in [1.807, 2.05) is 42.1 Å². The van der Waals surface area contributed by atoms with E-state index in [0.29, 0.717) is 29.5 Å². The van der Waals surface area contributed by atoms with Crippen molar-refractivity contribution in [2.24, 2.45) is 0 Å². The third-order valence-corrected chi connectivity index (χ3v) is 6.33. The van der Waals surface area contributed by atoms with Crippen LogP contribution < -0.4 is 14.4 Å². The van der Waals surface area contributed by atoms with E-state index in [1.165, 1.54) is 11.3 Å². The van der Waals surface area contributed by atoms with Crippen LogP contribution in [0.4, 0.5) is 5.82 Å². The molecule has 0 spiro atoms. The summed E-state index contributed by atoms with van der Waals surface area (Å²) in [7, 11) is 7.15. The maximum atomic E-state index is 13.3. The van der Waals surface area contributed by atoms with Crippen molar-refractivity contribution in [3.05, 3.63) is 40.3 Å². The van der Waals surface area contributed by atoms with E-state index in [1.54, 1.807) is 25.9 Å². The van der Waals surface area contributed by atoms with E-state index in [-0.39, 0.29) is 12.0 Å². The average Bonchev–Trinajstić information content (AvgIpc) is 3.51. The Bertz CT molecular complexity index is 1080. The number of carbonyl (C=O) groups is 1. The number of hydrogen-bond acceptors (Lipinski definition) is 8. The first-order valence-electron chi connectivity index (χ1n) is 10.5. The van der Waals surface area contributed by atoms with E-state index >= 15 is 0 Å². The number of amides is 1. The monoisotopic (exact) mass is 456 g/mol. The summed E-state index contributed by atoms with van der Waals surface area (Å²) in [6, 6.07) is 5.76. The zero-order valence-corrected chi connectivity index (χ0v) is 19.6. The summed E-state index contributed by atoms with van der Waals surface area (Å²) in [5.74, 6) is 2.11. The van der Waals surface area contributed by atoms with Gasteiger partial charge in [0.2, 0.25) is 0 Å². The van der Waals surface area contributed by atoms with Crippen molar-refractivity contribution in [1.29, 1.82) is 0 Å². The van der Waals surface area contributed by atoms with Gasteiger partial charge in [-0.15, -0.1) is 11.3 Å². The molecule has 170 valence electrons. The van der Waals surface area contributed by atoms with Gasteiger partial charge in [0.05, 0.1) is 32.0 Å². The minimum absolute atomic E-state index is 0.0396. The first-order valence-corrected chi connectivity index (χ1v) is 11.4. The van der Waals surface area contributed by atoms with Gasteiger partial charge in [-0.05, 0) is 31.0 Å². The SMILES string of the molecule is COc1ccc(OC)c2nc(N(C)C)c(CN(CC3CCCO3)C(=O)c3cncs3)cc12. The van der Waals surface area contributed by atoms with E-state index in [4.69, 9.17) is 19.2 Å². The number of hydrogen-bond donors (Lipinski definition) is 0. The van der Waals surface area contributed by atoms with E-state index in [0.717, 1.165) is 41.7 Å². The Kier molecular flexibility index (Phi) is 6.76. The number of anilines is 1. The van der Waals surface area contributed by atoms with Crippen molar-refractivity contribution in [2.45, 2.75) is 25.5 Å². The zero-order chi connectivity index (χ0) is 22.7. The van der Waals surface area contributed by atoms with Crippen LogP contribution in [-0.4, -0.2) is 68.3 Å². The first-order chi connectivity index (χ1) is 15.5. The maximum Gasteiger partial charge on any atom is 0.265 e. The minimum Gasteiger partial charge on any atom is -0.496 e. The summed E-state index contributed by atoms with van der Waals surface area (Å²) < 4.78 is 17.0. The lowest BCUT2D eigenvalue weighted by Gasteiger charge is -2.27. The van der Waals surface area contributed by atoms with Crippen LogP contribution in [0.3, 0.4) is 0 Å². The molecule has 0 aliphatic carbocycles. The molecule has 1 saturated heterocycles. The van der Waals surface area contributed by atoms with Gasteiger partial charge in [-0.2, -0.15) is 0 Å². The van der Waals surface area contributed by atoms with Crippen molar-refractivity contribution in [3.63, 3.8) is 0 Å². The second-order valence-corrected chi connectivity index (χ2v) is 8.80. The molecule has 3 heterocycles. The lowest BCUT2D eigenvalue weighted by atomic mass is 10.1. The Hall–Kier alpha value is -2.91. The maximum absolute atomic E-state index is 13.3. The number of benzene rings is 1. The van der Waals surface area contributed by atoms with Gasteiger partial charge < -0.3 is 24.0 Å². The van der Waals surface area contributed by atoms with Crippen molar-refractivity contribution >= 4 is 34.0 Å². The molecule has 1 aromatic carbocycles. The van der Waals surface area contributed by atoms with Crippen LogP contribution >= 0.6 is 11.3 Å². The highest BCUT2D eigenvalue weighted by Gasteiger charge is 2.26. The number of nitrogens with zero attached hydrogens (tertiary/aromatic N) is 4. The molecule has 1 aliphatic heterocycles. The fourth-order valence-corrected chi connectivity index (χ4v) is 4.61. The van der Waals surface area contributed by atoms with Crippen molar-refractivity contribution < 1.29 is 19.0 Å². The lowest BCUT2D eigenvalue weighted by Crippen LogP contribution is -2.37. The number of thiazole rings is 1. The van der Waals surface area contributed by atoms with Crippen LogP contribution in [0.1, 0.15) is 28.1 Å². The fourth-order valence-electron chi connectivity index (χ4n) is 4.02. The Morgan fingerprint density at radius 2 is 2.03 bits per heavy atom. The molecule has 4 rings (SSSR count). The summed E-state index contributed by atoms with van der Waals surface area (Å²) in [5.41, 5.74) is 3.32. The summed E-state index contributed by atoms with van der Waals surface area (Å²) in [5, 5.41) is 0.842.